The lowest BCUT2D eigenvalue weighted by molar-refractivity contribution is -0.151. The zero-order chi connectivity index (χ0) is 48.8. The van der Waals surface area contributed by atoms with Crippen molar-refractivity contribution in [1.29, 1.82) is 0 Å². The number of ether oxygens (including phenoxy) is 1. The standard InChI is InChI=1S/C61H119NO5/c1-4-7-10-13-16-19-22-25-28-30-32-35-38-41-44-47-50-53-59(64)58(56-63)62-60(65)55-57(52-49-46-43-40-37-34-27-24-21-18-15-12-9-6-3)67-61(66)54-51-48-45-42-39-36-33-31-29-26-23-20-17-14-11-8-5-2/h34,37,57-59,63-64H,4-33,35-36,38-56H2,1-3H3,(H,62,65)/b37-34+. The molecule has 0 aliphatic rings. The van der Waals surface area contributed by atoms with Crippen molar-refractivity contribution in [3.05, 3.63) is 12.2 Å². The first kappa shape index (κ1) is 65.6. The molecule has 6 nitrogen and oxygen atoms in total. The van der Waals surface area contributed by atoms with E-state index in [0.29, 0.717) is 19.3 Å². The minimum atomic E-state index is -0.787. The third-order valence-corrected chi connectivity index (χ3v) is 14.3. The largest absolute Gasteiger partial charge is 0.462 e. The van der Waals surface area contributed by atoms with Gasteiger partial charge in [0.1, 0.15) is 6.10 Å². The maximum Gasteiger partial charge on any atom is 0.306 e. The molecule has 0 aromatic heterocycles. The highest BCUT2D eigenvalue weighted by atomic mass is 16.5. The van der Waals surface area contributed by atoms with Crippen LogP contribution in [0, 0.1) is 0 Å². The summed E-state index contributed by atoms with van der Waals surface area (Å²) in [6.45, 7) is 6.53. The predicted molar refractivity (Wildman–Crippen MR) is 292 cm³/mol. The minimum Gasteiger partial charge on any atom is -0.462 e. The third-order valence-electron chi connectivity index (χ3n) is 14.3. The number of rotatable bonds is 56. The van der Waals surface area contributed by atoms with E-state index in [1.54, 1.807) is 0 Å². The number of hydrogen-bond acceptors (Lipinski definition) is 5. The average molecular weight is 947 g/mol. The Labute approximate surface area is 419 Å². The monoisotopic (exact) mass is 946 g/mol. The first-order valence-electron chi connectivity index (χ1n) is 30.4. The summed E-state index contributed by atoms with van der Waals surface area (Å²) in [7, 11) is 0. The molecule has 0 aromatic rings. The van der Waals surface area contributed by atoms with Crippen molar-refractivity contribution in [1.82, 2.24) is 5.32 Å². The predicted octanol–water partition coefficient (Wildman–Crippen LogP) is 18.9. The van der Waals surface area contributed by atoms with Gasteiger partial charge in [-0.25, -0.2) is 0 Å². The van der Waals surface area contributed by atoms with Crippen LogP contribution in [0.2, 0.25) is 0 Å². The number of esters is 1. The molecule has 1 amide bonds. The molecule has 0 radical (unpaired) electrons. The first-order chi connectivity index (χ1) is 33.0. The number of amides is 1. The Morgan fingerprint density at radius 3 is 1.07 bits per heavy atom. The molecule has 0 saturated carbocycles. The van der Waals surface area contributed by atoms with Crippen molar-refractivity contribution in [3.8, 4) is 0 Å². The van der Waals surface area contributed by atoms with Crippen LogP contribution >= 0.6 is 0 Å². The zero-order valence-electron chi connectivity index (χ0n) is 45.6. The molecule has 3 N–H and O–H groups in total. The zero-order valence-corrected chi connectivity index (χ0v) is 45.6. The Bertz CT molecular complexity index is 1020. The number of hydrogen-bond donors (Lipinski definition) is 3. The summed E-state index contributed by atoms with van der Waals surface area (Å²) in [5.41, 5.74) is 0. The molecular formula is C61H119NO5. The minimum absolute atomic E-state index is 0.0749. The molecule has 0 spiro atoms. The lowest BCUT2D eigenvalue weighted by Gasteiger charge is -2.24. The van der Waals surface area contributed by atoms with E-state index in [2.05, 4.69) is 38.2 Å². The molecule has 6 heteroatoms. The lowest BCUT2D eigenvalue weighted by Crippen LogP contribution is -2.46. The van der Waals surface area contributed by atoms with Crippen LogP contribution in [0.3, 0.4) is 0 Å². The number of carbonyl (C=O) groups excluding carboxylic acids is 2. The van der Waals surface area contributed by atoms with Gasteiger partial charge in [-0.1, -0.05) is 290 Å². The van der Waals surface area contributed by atoms with Gasteiger partial charge in [0.25, 0.3) is 0 Å². The Kier molecular flexibility index (Phi) is 54.4. The van der Waals surface area contributed by atoms with Crippen LogP contribution in [0.1, 0.15) is 342 Å². The van der Waals surface area contributed by atoms with Crippen LogP contribution in [0.5, 0.6) is 0 Å². The van der Waals surface area contributed by atoms with Gasteiger partial charge in [-0.05, 0) is 51.4 Å². The molecule has 0 bridgehead atoms. The summed E-state index contributed by atoms with van der Waals surface area (Å²) in [5.74, 6) is -0.464. The highest BCUT2D eigenvalue weighted by Crippen LogP contribution is 2.19. The van der Waals surface area contributed by atoms with Gasteiger partial charge in [0.2, 0.25) is 5.91 Å². The van der Waals surface area contributed by atoms with Crippen molar-refractivity contribution in [2.24, 2.45) is 0 Å². The Hall–Kier alpha value is -1.40. The van der Waals surface area contributed by atoms with Crippen LogP contribution in [-0.2, 0) is 14.3 Å². The van der Waals surface area contributed by atoms with Crippen LogP contribution in [0.15, 0.2) is 12.2 Å². The quantitative estimate of drug-likeness (QED) is 0.0321. The van der Waals surface area contributed by atoms with Gasteiger partial charge >= 0.3 is 5.97 Å². The molecule has 3 atom stereocenters. The molecule has 67 heavy (non-hydrogen) atoms. The summed E-state index contributed by atoms with van der Waals surface area (Å²) in [6.07, 6.45) is 64.3. The highest BCUT2D eigenvalue weighted by Gasteiger charge is 2.24. The first-order valence-corrected chi connectivity index (χ1v) is 30.4. The SMILES string of the molecule is CCCCCCCCC/C=C/CCCCCC(CC(=O)NC(CO)C(O)CCCCCCCCCCCCCCCCCCC)OC(=O)CCCCCCCCCCCCCCCCCCC. The Morgan fingerprint density at radius 2 is 0.716 bits per heavy atom. The summed E-state index contributed by atoms with van der Waals surface area (Å²) in [6, 6.07) is -0.701. The fraction of sp³-hybridized carbons (Fsp3) is 0.934. The number of aliphatic hydroxyl groups excluding tert-OH is 2. The molecule has 0 rings (SSSR count). The molecule has 0 aromatic carbocycles. The topological polar surface area (TPSA) is 95.9 Å². The van der Waals surface area contributed by atoms with Gasteiger partial charge in [-0.15, -0.1) is 0 Å². The molecule has 0 heterocycles. The van der Waals surface area contributed by atoms with Gasteiger partial charge in [0, 0.05) is 6.42 Å². The number of unbranched alkanes of at least 4 members (excludes halogenated alkanes) is 42. The smallest absolute Gasteiger partial charge is 0.306 e. The second kappa shape index (κ2) is 55.5. The molecule has 0 fully saturated rings. The number of nitrogens with one attached hydrogen (secondary N) is 1. The van der Waals surface area contributed by atoms with Crippen LogP contribution in [-0.4, -0.2) is 46.9 Å². The molecule has 0 aliphatic heterocycles. The lowest BCUT2D eigenvalue weighted by atomic mass is 10.0. The van der Waals surface area contributed by atoms with E-state index in [-0.39, 0.29) is 24.9 Å². The second-order valence-corrected chi connectivity index (χ2v) is 21.1. The molecule has 0 saturated heterocycles. The van der Waals surface area contributed by atoms with Gasteiger partial charge in [-0.2, -0.15) is 0 Å². The summed E-state index contributed by atoms with van der Waals surface area (Å²) in [4.78, 5) is 26.3. The maximum atomic E-state index is 13.3. The Morgan fingerprint density at radius 1 is 0.418 bits per heavy atom. The molecule has 3 unspecified atom stereocenters. The number of allylic oxidation sites excluding steroid dienone is 2. The fourth-order valence-corrected chi connectivity index (χ4v) is 9.72. The number of carbonyl (C=O) groups is 2. The van der Waals surface area contributed by atoms with Crippen molar-refractivity contribution in [2.45, 2.75) is 360 Å². The van der Waals surface area contributed by atoms with Crippen molar-refractivity contribution >= 4 is 11.9 Å². The van der Waals surface area contributed by atoms with Crippen LogP contribution in [0.25, 0.3) is 0 Å². The Balaban J connectivity index is 4.47. The van der Waals surface area contributed by atoms with Crippen molar-refractivity contribution in [3.63, 3.8) is 0 Å². The molecule has 398 valence electrons. The van der Waals surface area contributed by atoms with E-state index in [0.717, 1.165) is 57.8 Å². The van der Waals surface area contributed by atoms with Gasteiger partial charge in [0.05, 0.1) is 25.2 Å². The highest BCUT2D eigenvalue weighted by molar-refractivity contribution is 5.77. The van der Waals surface area contributed by atoms with E-state index >= 15 is 0 Å². The van der Waals surface area contributed by atoms with E-state index < -0.39 is 18.2 Å². The second-order valence-electron chi connectivity index (χ2n) is 21.1. The van der Waals surface area contributed by atoms with Crippen LogP contribution in [0.4, 0.5) is 0 Å². The maximum absolute atomic E-state index is 13.3. The van der Waals surface area contributed by atoms with E-state index in [4.69, 9.17) is 4.74 Å². The van der Waals surface area contributed by atoms with Crippen molar-refractivity contribution < 1.29 is 24.5 Å². The van der Waals surface area contributed by atoms with E-state index in [1.165, 1.54) is 238 Å². The van der Waals surface area contributed by atoms with Crippen LogP contribution < -0.4 is 5.32 Å². The van der Waals surface area contributed by atoms with Gasteiger partial charge in [-0.3, -0.25) is 9.59 Å². The van der Waals surface area contributed by atoms with Gasteiger partial charge in [0.15, 0.2) is 0 Å². The normalized spacial score (nSPS) is 13.1. The number of aliphatic hydroxyl groups is 2. The summed E-state index contributed by atoms with van der Waals surface area (Å²) >= 11 is 0. The molecule has 0 aliphatic carbocycles. The fourth-order valence-electron chi connectivity index (χ4n) is 9.72. The van der Waals surface area contributed by atoms with E-state index in [1.807, 2.05) is 0 Å². The summed E-state index contributed by atoms with van der Waals surface area (Å²) < 4.78 is 5.97. The molecular weight excluding hydrogens is 827 g/mol. The van der Waals surface area contributed by atoms with Gasteiger partial charge < -0.3 is 20.3 Å². The van der Waals surface area contributed by atoms with E-state index in [9.17, 15) is 19.8 Å². The average Bonchev–Trinajstić information content (AvgIpc) is 3.32. The summed E-state index contributed by atoms with van der Waals surface area (Å²) in [5, 5.41) is 23.9. The third kappa shape index (κ3) is 50.8. The van der Waals surface area contributed by atoms with Crippen molar-refractivity contribution in [2.75, 3.05) is 6.61 Å².